The Morgan fingerprint density at radius 3 is 3.18 bits per heavy atom. The van der Waals surface area contributed by atoms with Gasteiger partial charge in [0.05, 0.1) is 12.2 Å². The Balaban J connectivity index is 2.60. The fraction of sp³-hybridized carbons (Fsp3) is 0.125. The molecule has 0 aliphatic carbocycles. The first kappa shape index (κ1) is 6.22. The van der Waals surface area contributed by atoms with Crippen molar-refractivity contribution in [1.82, 2.24) is 0 Å². The van der Waals surface area contributed by atoms with Gasteiger partial charge < -0.3 is 10.4 Å². The summed E-state index contributed by atoms with van der Waals surface area (Å²) >= 11 is 0. The third kappa shape index (κ3) is 0.941. The normalized spacial score (nSPS) is 13.8. The van der Waals surface area contributed by atoms with Crippen LogP contribution in [0.2, 0.25) is 0 Å². The van der Waals surface area contributed by atoms with Gasteiger partial charge in [0.25, 0.3) is 0 Å². The van der Waals surface area contributed by atoms with Gasteiger partial charge in [0.1, 0.15) is 11.4 Å². The topological polar surface area (TPSA) is 44.6 Å². The maximum Gasteiger partial charge on any atom is 0.143 e. The standard InChI is InChI=1S/C8H8N2O/c11-7-3-1-2-6-8(7)10-5-4-9-6/h1-3,5,9,11H,4H2. The first-order chi connectivity index (χ1) is 5.38. The number of hydrogen-bond donors (Lipinski definition) is 2. The summed E-state index contributed by atoms with van der Waals surface area (Å²) in [6.45, 7) is 0.733. The number of nitrogens with one attached hydrogen (secondary N) is 1. The molecule has 1 heterocycles. The Morgan fingerprint density at radius 2 is 2.36 bits per heavy atom. The molecule has 0 spiro atoms. The molecule has 0 saturated heterocycles. The maximum atomic E-state index is 9.30. The van der Waals surface area contributed by atoms with Crippen LogP contribution in [0, 0.1) is 0 Å². The summed E-state index contributed by atoms with van der Waals surface area (Å²) in [5.74, 6) is 0.228. The molecule has 3 nitrogen and oxygen atoms in total. The molecule has 1 aromatic carbocycles. The Hall–Kier alpha value is -1.51. The smallest absolute Gasteiger partial charge is 0.143 e. The first-order valence-electron chi connectivity index (χ1n) is 3.46. The Kier molecular flexibility index (Phi) is 1.28. The molecule has 0 aromatic heterocycles. The largest absolute Gasteiger partial charge is 0.506 e. The molecule has 0 radical (unpaired) electrons. The van der Waals surface area contributed by atoms with Crippen LogP contribution in [0.3, 0.4) is 0 Å². The lowest BCUT2D eigenvalue weighted by molar-refractivity contribution is 0.477. The highest BCUT2D eigenvalue weighted by Crippen LogP contribution is 2.35. The predicted molar refractivity (Wildman–Crippen MR) is 44.7 cm³/mol. The van der Waals surface area contributed by atoms with Gasteiger partial charge in [-0.1, -0.05) is 6.07 Å². The van der Waals surface area contributed by atoms with E-state index in [4.69, 9.17) is 0 Å². The Morgan fingerprint density at radius 1 is 1.45 bits per heavy atom. The highest BCUT2D eigenvalue weighted by atomic mass is 16.3. The molecule has 1 aromatic rings. The summed E-state index contributed by atoms with van der Waals surface area (Å²) in [6, 6.07) is 5.32. The molecule has 0 fully saturated rings. The van der Waals surface area contributed by atoms with Crippen LogP contribution < -0.4 is 5.32 Å². The van der Waals surface area contributed by atoms with Gasteiger partial charge in [0, 0.05) is 6.21 Å². The number of aliphatic imine (C=N–C) groups is 1. The highest BCUT2D eigenvalue weighted by molar-refractivity contribution is 5.83. The molecule has 0 saturated carbocycles. The second-order valence-corrected chi connectivity index (χ2v) is 2.37. The van der Waals surface area contributed by atoms with Gasteiger partial charge in [0.15, 0.2) is 0 Å². The van der Waals surface area contributed by atoms with E-state index >= 15 is 0 Å². The van der Waals surface area contributed by atoms with Crippen LogP contribution in [-0.4, -0.2) is 17.9 Å². The monoisotopic (exact) mass is 148 g/mol. The molecule has 0 amide bonds. The lowest BCUT2D eigenvalue weighted by atomic mass is 10.2. The molecule has 1 aliphatic heterocycles. The van der Waals surface area contributed by atoms with E-state index in [2.05, 4.69) is 10.3 Å². The zero-order valence-corrected chi connectivity index (χ0v) is 5.91. The van der Waals surface area contributed by atoms with E-state index < -0.39 is 0 Å². The second kappa shape index (κ2) is 2.27. The average molecular weight is 148 g/mol. The van der Waals surface area contributed by atoms with Crippen LogP contribution >= 0.6 is 0 Å². The third-order valence-corrected chi connectivity index (χ3v) is 1.62. The fourth-order valence-corrected chi connectivity index (χ4v) is 1.10. The van der Waals surface area contributed by atoms with Crippen molar-refractivity contribution in [2.24, 2.45) is 4.99 Å². The van der Waals surface area contributed by atoms with Gasteiger partial charge in [-0.05, 0) is 12.1 Å². The third-order valence-electron chi connectivity index (χ3n) is 1.62. The Labute approximate surface area is 64.4 Å². The average Bonchev–Trinajstić information content (AvgIpc) is 2.06. The van der Waals surface area contributed by atoms with Crippen molar-refractivity contribution in [2.75, 3.05) is 11.9 Å². The van der Waals surface area contributed by atoms with Crippen LogP contribution in [0.5, 0.6) is 5.75 Å². The van der Waals surface area contributed by atoms with Crippen molar-refractivity contribution in [3.63, 3.8) is 0 Å². The van der Waals surface area contributed by atoms with E-state index in [1.807, 2.05) is 6.07 Å². The van der Waals surface area contributed by atoms with Crippen LogP contribution in [0.15, 0.2) is 23.2 Å². The Bertz CT molecular complexity index is 307. The van der Waals surface area contributed by atoms with Gasteiger partial charge in [-0.15, -0.1) is 0 Å². The summed E-state index contributed by atoms with van der Waals surface area (Å²) in [6.07, 6.45) is 1.74. The van der Waals surface area contributed by atoms with E-state index in [1.165, 1.54) is 0 Å². The fourth-order valence-electron chi connectivity index (χ4n) is 1.10. The second-order valence-electron chi connectivity index (χ2n) is 2.37. The van der Waals surface area contributed by atoms with Gasteiger partial charge in [-0.3, -0.25) is 4.99 Å². The summed E-state index contributed by atoms with van der Waals surface area (Å²) in [5.41, 5.74) is 1.53. The van der Waals surface area contributed by atoms with Gasteiger partial charge in [-0.25, -0.2) is 0 Å². The number of fused-ring (bicyclic) bond motifs is 1. The number of aromatic hydroxyl groups is 1. The number of para-hydroxylation sites is 1. The predicted octanol–water partition coefficient (Wildman–Crippen LogP) is 1.52. The zero-order valence-electron chi connectivity index (χ0n) is 5.91. The summed E-state index contributed by atoms with van der Waals surface area (Å²) in [5, 5.41) is 12.4. The summed E-state index contributed by atoms with van der Waals surface area (Å²) in [7, 11) is 0. The molecular weight excluding hydrogens is 140 g/mol. The van der Waals surface area contributed by atoms with Crippen LogP contribution in [-0.2, 0) is 0 Å². The number of nitrogens with zero attached hydrogens (tertiary/aromatic N) is 1. The summed E-state index contributed by atoms with van der Waals surface area (Å²) < 4.78 is 0. The van der Waals surface area contributed by atoms with Gasteiger partial charge >= 0.3 is 0 Å². The lowest BCUT2D eigenvalue weighted by Crippen LogP contribution is -2.06. The minimum Gasteiger partial charge on any atom is -0.506 e. The number of rotatable bonds is 0. The van der Waals surface area contributed by atoms with E-state index in [9.17, 15) is 5.11 Å². The van der Waals surface area contributed by atoms with E-state index in [0.29, 0.717) is 5.69 Å². The van der Waals surface area contributed by atoms with Crippen molar-refractivity contribution in [2.45, 2.75) is 0 Å². The van der Waals surface area contributed by atoms with Crippen molar-refractivity contribution < 1.29 is 5.11 Å². The van der Waals surface area contributed by atoms with E-state index in [-0.39, 0.29) is 5.75 Å². The van der Waals surface area contributed by atoms with Gasteiger partial charge in [-0.2, -0.15) is 0 Å². The number of hydrogen-bond acceptors (Lipinski definition) is 3. The molecule has 56 valence electrons. The molecule has 0 unspecified atom stereocenters. The van der Waals surface area contributed by atoms with Crippen molar-refractivity contribution >= 4 is 17.6 Å². The van der Waals surface area contributed by atoms with Crippen molar-refractivity contribution in [1.29, 1.82) is 0 Å². The quantitative estimate of drug-likeness (QED) is 0.585. The molecule has 2 N–H and O–H groups in total. The molecule has 3 heteroatoms. The molecule has 0 bridgehead atoms. The van der Waals surface area contributed by atoms with Crippen LogP contribution in [0.25, 0.3) is 0 Å². The minimum atomic E-state index is 0.228. The van der Waals surface area contributed by atoms with E-state index in [0.717, 1.165) is 12.2 Å². The molecule has 0 atom stereocenters. The highest BCUT2D eigenvalue weighted by Gasteiger charge is 2.07. The minimum absolute atomic E-state index is 0.228. The van der Waals surface area contributed by atoms with Gasteiger partial charge in [0.2, 0.25) is 0 Å². The lowest BCUT2D eigenvalue weighted by Gasteiger charge is -2.12. The number of benzene rings is 1. The van der Waals surface area contributed by atoms with Crippen molar-refractivity contribution in [3.05, 3.63) is 18.2 Å². The maximum absolute atomic E-state index is 9.30. The van der Waals surface area contributed by atoms with E-state index in [1.54, 1.807) is 18.3 Å². The number of phenolic OH excluding ortho intramolecular Hbond substituents is 1. The zero-order chi connectivity index (χ0) is 7.68. The molecular formula is C8H8N2O. The van der Waals surface area contributed by atoms with Crippen LogP contribution in [0.4, 0.5) is 11.4 Å². The SMILES string of the molecule is Oc1cccc2c1N=CCN2. The molecule has 1 aliphatic rings. The summed E-state index contributed by atoms with van der Waals surface area (Å²) in [4.78, 5) is 4.06. The molecule has 11 heavy (non-hydrogen) atoms. The first-order valence-corrected chi connectivity index (χ1v) is 3.46. The number of anilines is 1. The molecule has 2 rings (SSSR count). The number of phenols is 1. The van der Waals surface area contributed by atoms with Crippen LogP contribution in [0.1, 0.15) is 0 Å². The van der Waals surface area contributed by atoms with Crippen molar-refractivity contribution in [3.8, 4) is 5.75 Å².